The third-order valence-corrected chi connectivity index (χ3v) is 7.60. The number of halogens is 3. The van der Waals surface area contributed by atoms with Gasteiger partial charge in [-0.15, -0.1) is 23.2 Å². The van der Waals surface area contributed by atoms with Crippen LogP contribution >= 0.6 is 34.8 Å². The van der Waals surface area contributed by atoms with E-state index >= 15 is 0 Å². The summed E-state index contributed by atoms with van der Waals surface area (Å²) in [6, 6.07) is 0. The Bertz CT molecular complexity index is 1050. The molecule has 1 saturated heterocycles. The van der Waals surface area contributed by atoms with Gasteiger partial charge in [0, 0.05) is 30.1 Å². The van der Waals surface area contributed by atoms with Gasteiger partial charge in [-0.25, -0.2) is 9.69 Å². The van der Waals surface area contributed by atoms with Crippen molar-refractivity contribution in [2.45, 2.75) is 62.1 Å². The number of hydrogen-bond acceptors (Lipinski definition) is 3. The summed E-state index contributed by atoms with van der Waals surface area (Å²) in [5.74, 6) is -0.142. The van der Waals surface area contributed by atoms with E-state index in [9.17, 15) is 4.79 Å². The first-order valence-electron chi connectivity index (χ1n) is 11.4. The second-order valence-corrected chi connectivity index (χ2v) is 10.5. The van der Waals surface area contributed by atoms with Crippen LogP contribution in [0.1, 0.15) is 66.7 Å². The Morgan fingerprint density at radius 1 is 1.06 bits per heavy atom. The fourth-order valence-electron chi connectivity index (χ4n) is 5.06. The number of aromatic nitrogens is 2. The van der Waals surface area contributed by atoms with E-state index in [1.165, 1.54) is 12.0 Å². The van der Waals surface area contributed by atoms with Gasteiger partial charge in [0.05, 0.1) is 22.1 Å². The van der Waals surface area contributed by atoms with E-state index in [0.717, 1.165) is 79.2 Å². The predicted molar refractivity (Wildman–Crippen MR) is 131 cm³/mol. The average molecular weight is 494 g/mol. The molecule has 0 saturated carbocycles. The molecule has 2 atom stereocenters. The Morgan fingerprint density at radius 3 is 2.66 bits per heavy atom. The number of alkyl halides is 2. The highest BCUT2D eigenvalue weighted by molar-refractivity contribution is 6.32. The Labute approximate surface area is 203 Å². The number of allylic oxidation sites excluding steroid dienone is 8. The number of amides is 1. The molecule has 3 aliphatic carbocycles. The fourth-order valence-corrected chi connectivity index (χ4v) is 5.94. The van der Waals surface area contributed by atoms with Crippen molar-refractivity contribution in [1.82, 2.24) is 20.2 Å². The maximum absolute atomic E-state index is 13.4. The summed E-state index contributed by atoms with van der Waals surface area (Å²) in [5.41, 5.74) is 8.86. The van der Waals surface area contributed by atoms with Crippen LogP contribution in [0.2, 0.25) is 0 Å². The van der Waals surface area contributed by atoms with Crippen molar-refractivity contribution in [2.75, 3.05) is 13.1 Å². The molecule has 0 spiro atoms. The predicted octanol–water partition coefficient (Wildman–Crippen LogP) is 5.65. The largest absolute Gasteiger partial charge is 0.286 e. The zero-order chi connectivity index (χ0) is 22.2. The molecule has 1 fully saturated rings. The van der Waals surface area contributed by atoms with E-state index < -0.39 is 0 Å². The molecular weight excluding hydrogens is 467 g/mol. The number of nitrogens with one attached hydrogen (secondary N) is 1. The molecule has 0 aromatic carbocycles. The summed E-state index contributed by atoms with van der Waals surface area (Å²) in [5, 5.41) is 7.29. The van der Waals surface area contributed by atoms with E-state index in [1.54, 1.807) is 0 Å². The first-order valence-corrected chi connectivity index (χ1v) is 12.7. The Morgan fingerprint density at radius 2 is 1.88 bits per heavy atom. The van der Waals surface area contributed by atoms with Crippen LogP contribution in [0.15, 0.2) is 34.9 Å². The molecular formula is C24H27Cl3N4O. The summed E-state index contributed by atoms with van der Waals surface area (Å²) >= 11 is 19.4. The van der Waals surface area contributed by atoms with E-state index in [0.29, 0.717) is 12.1 Å². The van der Waals surface area contributed by atoms with Gasteiger partial charge >= 0.3 is 0 Å². The van der Waals surface area contributed by atoms with E-state index in [2.05, 4.69) is 11.5 Å². The number of rotatable bonds is 3. The molecule has 5 nitrogen and oxygen atoms in total. The third-order valence-electron chi connectivity index (χ3n) is 6.64. The number of hydrogen-bond donors (Lipinski definition) is 1. The van der Waals surface area contributed by atoms with Crippen LogP contribution in [0, 0.1) is 0 Å². The molecule has 32 heavy (non-hydrogen) atoms. The first kappa shape index (κ1) is 22.3. The lowest BCUT2D eigenvalue weighted by molar-refractivity contribution is 0.0743. The molecule has 1 aromatic heterocycles. The van der Waals surface area contributed by atoms with Crippen LogP contribution in [-0.4, -0.2) is 44.5 Å². The van der Waals surface area contributed by atoms with Crippen LogP contribution in [0.4, 0.5) is 0 Å². The highest BCUT2D eigenvalue weighted by atomic mass is 35.5. The zero-order valence-corrected chi connectivity index (χ0v) is 20.2. The second kappa shape index (κ2) is 9.38. The summed E-state index contributed by atoms with van der Waals surface area (Å²) in [4.78, 5) is 13.4. The molecule has 1 amide bonds. The minimum absolute atomic E-state index is 0.00459. The third kappa shape index (κ3) is 4.33. The smallest absolute Gasteiger partial charge is 0.283 e. The topological polar surface area (TPSA) is 50.2 Å². The number of nitrogens with zero attached hydrogens (tertiary/aromatic N) is 3. The number of hydrazine groups is 1. The van der Waals surface area contributed by atoms with Crippen molar-refractivity contribution in [3.05, 3.63) is 51.9 Å². The maximum Gasteiger partial charge on any atom is 0.286 e. The minimum atomic E-state index is -0.310. The van der Waals surface area contributed by atoms with Gasteiger partial charge in [0.25, 0.3) is 5.91 Å². The van der Waals surface area contributed by atoms with Crippen LogP contribution in [0.25, 0.3) is 11.3 Å². The Kier molecular flexibility index (Phi) is 6.53. The quantitative estimate of drug-likeness (QED) is 0.554. The molecule has 2 heterocycles. The highest BCUT2D eigenvalue weighted by Crippen LogP contribution is 2.41. The maximum atomic E-state index is 13.4. The molecule has 8 heteroatoms. The number of piperidine rings is 1. The number of carbonyl (C=O) groups is 1. The lowest BCUT2D eigenvalue weighted by Crippen LogP contribution is -2.45. The van der Waals surface area contributed by atoms with Crippen molar-refractivity contribution < 1.29 is 4.79 Å². The van der Waals surface area contributed by atoms with Crippen molar-refractivity contribution in [2.24, 2.45) is 0 Å². The van der Waals surface area contributed by atoms with E-state index in [-0.39, 0.29) is 16.7 Å². The molecule has 2 unspecified atom stereocenters. The van der Waals surface area contributed by atoms with Gasteiger partial charge in [0.2, 0.25) is 0 Å². The van der Waals surface area contributed by atoms with Crippen molar-refractivity contribution >= 4 is 52.0 Å². The lowest BCUT2D eigenvalue weighted by Gasteiger charge is -2.26. The average Bonchev–Trinajstić information content (AvgIpc) is 3.03. The number of fused-ring (bicyclic) bond motifs is 2. The summed E-state index contributed by atoms with van der Waals surface area (Å²) < 4.78 is 1.89. The van der Waals surface area contributed by atoms with Crippen molar-refractivity contribution in [3.8, 4) is 0 Å². The summed E-state index contributed by atoms with van der Waals surface area (Å²) in [7, 11) is 0. The normalized spacial score (nSPS) is 26.1. The molecule has 1 aliphatic heterocycles. The van der Waals surface area contributed by atoms with Crippen LogP contribution in [-0.2, 0) is 6.42 Å². The molecule has 0 radical (unpaired) electrons. The van der Waals surface area contributed by atoms with Crippen LogP contribution in [0.5, 0.6) is 0 Å². The lowest BCUT2D eigenvalue weighted by atomic mass is 9.93. The van der Waals surface area contributed by atoms with Gasteiger partial charge in [-0.2, -0.15) is 5.10 Å². The SMILES string of the molecule is O=C(NN1CCCCC1)c1nn(C2=CC=C(Cl)CC2Cl)c2c1CCCC1=C2C=CC(Cl)C1. The fraction of sp³-hybridized carbons (Fsp3) is 0.500. The monoisotopic (exact) mass is 492 g/mol. The molecule has 0 bridgehead atoms. The molecule has 170 valence electrons. The van der Waals surface area contributed by atoms with Gasteiger partial charge in [0.1, 0.15) is 0 Å². The summed E-state index contributed by atoms with van der Waals surface area (Å²) in [6.45, 7) is 1.75. The van der Waals surface area contributed by atoms with Gasteiger partial charge in [-0.3, -0.25) is 10.2 Å². The molecule has 1 N–H and O–H groups in total. The van der Waals surface area contributed by atoms with Crippen molar-refractivity contribution in [3.63, 3.8) is 0 Å². The van der Waals surface area contributed by atoms with Gasteiger partial charge in [-0.05, 0) is 56.3 Å². The second-order valence-electron chi connectivity index (χ2n) is 8.90. The van der Waals surface area contributed by atoms with Crippen LogP contribution in [0.3, 0.4) is 0 Å². The van der Waals surface area contributed by atoms with Crippen molar-refractivity contribution in [1.29, 1.82) is 0 Å². The summed E-state index contributed by atoms with van der Waals surface area (Å²) in [6.07, 6.45) is 15.4. The standard InChI is InChI=1S/C24H27Cl3N4O/c25-16-7-9-18-15(13-16)5-4-6-19-22(24(32)29-30-11-2-1-3-12-30)28-31(23(18)19)21-10-8-17(26)14-20(21)27/h7-10,16,20H,1-6,11-14H2,(H,29,32). The first-order chi connectivity index (χ1) is 15.5. The van der Waals surface area contributed by atoms with E-state index in [4.69, 9.17) is 39.9 Å². The molecule has 5 rings (SSSR count). The zero-order valence-electron chi connectivity index (χ0n) is 17.9. The minimum Gasteiger partial charge on any atom is -0.283 e. The Hall–Kier alpha value is -1.53. The van der Waals surface area contributed by atoms with Gasteiger partial charge < -0.3 is 0 Å². The van der Waals surface area contributed by atoms with E-state index in [1.807, 2.05) is 27.9 Å². The number of carbonyl (C=O) groups excluding carboxylic acids is 1. The van der Waals surface area contributed by atoms with Gasteiger partial charge in [-0.1, -0.05) is 35.7 Å². The molecule has 1 aromatic rings. The van der Waals surface area contributed by atoms with Crippen LogP contribution < -0.4 is 5.43 Å². The Balaban J connectivity index is 1.61. The highest BCUT2D eigenvalue weighted by Gasteiger charge is 2.32. The molecule has 4 aliphatic rings. The van der Waals surface area contributed by atoms with Gasteiger partial charge in [0.15, 0.2) is 5.69 Å².